The van der Waals surface area contributed by atoms with E-state index >= 15 is 0 Å². The van der Waals surface area contributed by atoms with E-state index in [0.29, 0.717) is 0 Å². The summed E-state index contributed by atoms with van der Waals surface area (Å²) in [4.78, 5) is 10.4. The molecular formula is C16H14BrN3. The minimum atomic E-state index is 0.901. The molecule has 1 aliphatic rings. The molecule has 0 saturated heterocycles. The van der Waals surface area contributed by atoms with Crippen molar-refractivity contribution in [2.45, 2.75) is 13.0 Å². The van der Waals surface area contributed by atoms with Crippen LogP contribution in [-0.4, -0.2) is 16.5 Å². The van der Waals surface area contributed by atoms with Gasteiger partial charge in [0.25, 0.3) is 0 Å². The predicted octanol–water partition coefficient (Wildman–Crippen LogP) is 3.89. The highest BCUT2D eigenvalue weighted by molar-refractivity contribution is 9.10. The van der Waals surface area contributed by atoms with Crippen LogP contribution in [0, 0.1) is 0 Å². The molecule has 0 amide bonds. The molecule has 0 unspecified atom stereocenters. The molecule has 1 N–H and O–H groups in total. The van der Waals surface area contributed by atoms with Crippen molar-refractivity contribution >= 4 is 32.7 Å². The van der Waals surface area contributed by atoms with Gasteiger partial charge in [0.1, 0.15) is 5.82 Å². The number of nitrogens with one attached hydrogen (secondary N) is 1. The lowest BCUT2D eigenvalue weighted by Gasteiger charge is -2.28. The molecule has 3 nitrogen and oxygen atoms in total. The summed E-state index contributed by atoms with van der Waals surface area (Å²) in [5, 5.41) is 1.37. The molecule has 4 heteroatoms. The summed E-state index contributed by atoms with van der Waals surface area (Å²) in [6.45, 7) is 1.92. The number of para-hydroxylation sites is 1. The van der Waals surface area contributed by atoms with E-state index in [9.17, 15) is 0 Å². The minimum absolute atomic E-state index is 0.901. The van der Waals surface area contributed by atoms with E-state index in [2.05, 4.69) is 61.1 Å². The number of fused-ring (bicyclic) bond motifs is 3. The summed E-state index contributed by atoms with van der Waals surface area (Å²) in [6, 6.07) is 12.7. The molecule has 0 bridgehead atoms. The number of benzene rings is 1. The van der Waals surface area contributed by atoms with Crippen molar-refractivity contribution in [2.24, 2.45) is 0 Å². The first-order valence-corrected chi connectivity index (χ1v) is 7.55. The van der Waals surface area contributed by atoms with Crippen LogP contribution < -0.4 is 4.90 Å². The Kier molecular flexibility index (Phi) is 2.77. The second kappa shape index (κ2) is 4.63. The largest absolute Gasteiger partial charge is 0.357 e. The highest BCUT2D eigenvalue weighted by Gasteiger charge is 2.21. The third-order valence-electron chi connectivity index (χ3n) is 3.92. The Morgan fingerprint density at radius 2 is 2.05 bits per heavy atom. The molecule has 100 valence electrons. The highest BCUT2D eigenvalue weighted by atomic mass is 79.9. The molecule has 1 aliphatic heterocycles. The third-order valence-corrected chi connectivity index (χ3v) is 4.39. The number of hydrogen-bond acceptors (Lipinski definition) is 2. The van der Waals surface area contributed by atoms with Gasteiger partial charge in [-0.25, -0.2) is 4.98 Å². The Morgan fingerprint density at radius 3 is 2.90 bits per heavy atom. The maximum absolute atomic E-state index is 4.49. The lowest BCUT2D eigenvalue weighted by Crippen LogP contribution is -2.30. The van der Waals surface area contributed by atoms with Gasteiger partial charge >= 0.3 is 0 Å². The maximum atomic E-state index is 4.49. The van der Waals surface area contributed by atoms with Gasteiger partial charge in [0.05, 0.1) is 6.54 Å². The van der Waals surface area contributed by atoms with Crippen molar-refractivity contribution < 1.29 is 0 Å². The van der Waals surface area contributed by atoms with Crippen LogP contribution in [0.3, 0.4) is 0 Å². The number of aromatic nitrogens is 2. The van der Waals surface area contributed by atoms with Crippen LogP contribution in [0.5, 0.6) is 0 Å². The number of pyridine rings is 1. The first-order chi connectivity index (χ1) is 9.81. The Hall–Kier alpha value is -1.81. The number of halogens is 1. The SMILES string of the molecule is Brc1ccc(N2CCc3c([nH]c4ccccc34)C2)nc1. The normalized spacial score (nSPS) is 14.6. The lowest BCUT2D eigenvalue weighted by molar-refractivity contribution is 0.713. The summed E-state index contributed by atoms with van der Waals surface area (Å²) < 4.78 is 1.02. The van der Waals surface area contributed by atoms with Crippen LogP contribution in [-0.2, 0) is 13.0 Å². The van der Waals surface area contributed by atoms with E-state index < -0.39 is 0 Å². The number of rotatable bonds is 1. The summed E-state index contributed by atoms with van der Waals surface area (Å²) >= 11 is 3.43. The van der Waals surface area contributed by atoms with E-state index in [0.717, 1.165) is 29.8 Å². The zero-order valence-corrected chi connectivity index (χ0v) is 12.5. The van der Waals surface area contributed by atoms with Crippen molar-refractivity contribution in [1.29, 1.82) is 0 Å². The van der Waals surface area contributed by atoms with Crippen molar-refractivity contribution in [1.82, 2.24) is 9.97 Å². The molecule has 0 aliphatic carbocycles. The summed E-state index contributed by atoms with van der Waals surface area (Å²) in [6.07, 6.45) is 2.92. The van der Waals surface area contributed by atoms with Gasteiger partial charge in [0.15, 0.2) is 0 Å². The average molecular weight is 328 g/mol. The molecule has 2 aromatic heterocycles. The molecule has 3 heterocycles. The summed E-state index contributed by atoms with van der Waals surface area (Å²) in [5.41, 5.74) is 4.03. The second-order valence-corrected chi connectivity index (χ2v) is 6.05. The van der Waals surface area contributed by atoms with E-state index in [1.54, 1.807) is 0 Å². The van der Waals surface area contributed by atoms with E-state index in [1.165, 1.54) is 22.2 Å². The first kappa shape index (κ1) is 12.0. The Balaban J connectivity index is 1.71. The monoisotopic (exact) mass is 327 g/mol. The molecule has 0 fully saturated rings. The van der Waals surface area contributed by atoms with Crippen molar-refractivity contribution in [3.05, 3.63) is 58.3 Å². The van der Waals surface area contributed by atoms with Crippen molar-refractivity contribution in [3.8, 4) is 0 Å². The molecule has 1 aromatic carbocycles. The maximum Gasteiger partial charge on any atom is 0.128 e. The van der Waals surface area contributed by atoms with Crippen LogP contribution >= 0.6 is 15.9 Å². The van der Waals surface area contributed by atoms with Gasteiger partial charge in [-0.2, -0.15) is 0 Å². The molecule has 0 atom stereocenters. The zero-order valence-electron chi connectivity index (χ0n) is 10.9. The number of H-pyrrole nitrogens is 1. The number of nitrogens with zero attached hydrogens (tertiary/aromatic N) is 2. The fourth-order valence-electron chi connectivity index (χ4n) is 2.94. The van der Waals surface area contributed by atoms with E-state index in [-0.39, 0.29) is 0 Å². The zero-order chi connectivity index (χ0) is 13.5. The number of hydrogen-bond donors (Lipinski definition) is 1. The summed E-state index contributed by atoms with van der Waals surface area (Å²) in [5.74, 6) is 1.04. The van der Waals surface area contributed by atoms with Gasteiger partial charge < -0.3 is 9.88 Å². The Labute approximate surface area is 125 Å². The standard InChI is InChI=1S/C16H14BrN3/c17-11-5-6-16(18-9-11)20-8-7-13-12-3-1-2-4-14(12)19-15(13)10-20/h1-6,9,19H,7-8,10H2. The smallest absolute Gasteiger partial charge is 0.128 e. The van der Waals surface area contributed by atoms with E-state index in [4.69, 9.17) is 0 Å². The predicted molar refractivity (Wildman–Crippen MR) is 85.0 cm³/mol. The van der Waals surface area contributed by atoms with Crippen LogP contribution in [0.1, 0.15) is 11.3 Å². The molecule has 3 aromatic rings. The fraction of sp³-hybridized carbons (Fsp3) is 0.188. The van der Waals surface area contributed by atoms with Gasteiger partial charge in [0, 0.05) is 33.8 Å². The number of aromatic amines is 1. The third kappa shape index (κ3) is 1.91. The van der Waals surface area contributed by atoms with Crippen LogP contribution in [0.15, 0.2) is 47.1 Å². The molecule has 20 heavy (non-hydrogen) atoms. The topological polar surface area (TPSA) is 31.9 Å². The quantitative estimate of drug-likeness (QED) is 0.735. The second-order valence-electron chi connectivity index (χ2n) is 5.13. The highest BCUT2D eigenvalue weighted by Crippen LogP contribution is 2.29. The van der Waals surface area contributed by atoms with Crippen molar-refractivity contribution in [3.63, 3.8) is 0 Å². The van der Waals surface area contributed by atoms with Gasteiger partial charge in [-0.1, -0.05) is 18.2 Å². The molecular weight excluding hydrogens is 314 g/mol. The molecule has 0 saturated carbocycles. The van der Waals surface area contributed by atoms with Gasteiger partial charge in [-0.05, 0) is 46.1 Å². The van der Waals surface area contributed by atoms with Gasteiger partial charge in [0.2, 0.25) is 0 Å². The van der Waals surface area contributed by atoms with Crippen LogP contribution in [0.2, 0.25) is 0 Å². The number of anilines is 1. The van der Waals surface area contributed by atoms with Gasteiger partial charge in [-0.3, -0.25) is 0 Å². The van der Waals surface area contributed by atoms with Gasteiger partial charge in [-0.15, -0.1) is 0 Å². The first-order valence-electron chi connectivity index (χ1n) is 6.76. The molecule has 0 spiro atoms. The summed E-state index contributed by atoms with van der Waals surface area (Å²) in [7, 11) is 0. The Morgan fingerprint density at radius 1 is 1.15 bits per heavy atom. The average Bonchev–Trinajstić information content (AvgIpc) is 2.85. The lowest BCUT2D eigenvalue weighted by atomic mass is 10.0. The fourth-order valence-corrected chi connectivity index (χ4v) is 3.18. The minimum Gasteiger partial charge on any atom is -0.357 e. The van der Waals surface area contributed by atoms with Crippen LogP contribution in [0.25, 0.3) is 10.9 Å². The molecule has 4 rings (SSSR count). The van der Waals surface area contributed by atoms with E-state index in [1.807, 2.05) is 12.3 Å². The Bertz CT molecular complexity index is 761. The molecule has 0 radical (unpaired) electrons. The van der Waals surface area contributed by atoms with Crippen LogP contribution in [0.4, 0.5) is 5.82 Å². The van der Waals surface area contributed by atoms with Crippen molar-refractivity contribution in [2.75, 3.05) is 11.4 Å².